The number of guanidine groups is 1. The van der Waals surface area contributed by atoms with Crippen molar-refractivity contribution in [3.63, 3.8) is 0 Å². The lowest BCUT2D eigenvalue weighted by atomic mass is 10.1. The molecule has 158 valence electrons. The largest absolute Gasteiger partial charge is 0.484 e. The first-order chi connectivity index (χ1) is 13.9. The van der Waals surface area contributed by atoms with Gasteiger partial charge in [-0.2, -0.15) is 13.2 Å². The highest BCUT2D eigenvalue weighted by Gasteiger charge is 2.28. The maximum Gasteiger partial charge on any atom is 0.422 e. The molecule has 1 atom stereocenters. The van der Waals surface area contributed by atoms with Crippen molar-refractivity contribution in [2.75, 3.05) is 19.7 Å². The summed E-state index contributed by atoms with van der Waals surface area (Å²) < 4.78 is 41.2. The van der Waals surface area contributed by atoms with E-state index in [9.17, 15) is 18.3 Å². The molecular formula is C21H26F3N3O2. The number of ether oxygens (including phenoxy) is 1. The molecule has 0 fully saturated rings. The van der Waals surface area contributed by atoms with Gasteiger partial charge in [0.25, 0.3) is 0 Å². The van der Waals surface area contributed by atoms with Crippen molar-refractivity contribution in [3.05, 3.63) is 65.7 Å². The highest BCUT2D eigenvalue weighted by atomic mass is 19.4. The third-order valence-electron chi connectivity index (χ3n) is 3.91. The smallest absolute Gasteiger partial charge is 0.422 e. The molecule has 0 aliphatic rings. The quantitative estimate of drug-likeness (QED) is 0.439. The van der Waals surface area contributed by atoms with E-state index in [-0.39, 0.29) is 5.75 Å². The van der Waals surface area contributed by atoms with E-state index in [1.807, 2.05) is 37.3 Å². The number of halogens is 3. The van der Waals surface area contributed by atoms with Crippen molar-refractivity contribution in [2.24, 2.45) is 4.99 Å². The van der Waals surface area contributed by atoms with Gasteiger partial charge in [-0.3, -0.25) is 0 Å². The molecule has 0 amide bonds. The summed E-state index contributed by atoms with van der Waals surface area (Å²) in [6.45, 7) is 1.95. The molecule has 5 nitrogen and oxygen atoms in total. The van der Waals surface area contributed by atoms with Crippen LogP contribution in [0.5, 0.6) is 5.75 Å². The molecule has 0 saturated carbocycles. The number of aliphatic imine (C=N–C) groups is 1. The Bertz CT molecular complexity index is 750. The fourth-order valence-electron chi connectivity index (χ4n) is 2.54. The Morgan fingerprint density at radius 3 is 2.34 bits per heavy atom. The highest BCUT2D eigenvalue weighted by Crippen LogP contribution is 2.19. The lowest BCUT2D eigenvalue weighted by Gasteiger charge is -2.15. The third kappa shape index (κ3) is 9.34. The highest BCUT2D eigenvalue weighted by molar-refractivity contribution is 5.79. The molecule has 1 unspecified atom stereocenters. The second kappa shape index (κ2) is 11.3. The minimum atomic E-state index is -4.36. The summed E-state index contributed by atoms with van der Waals surface area (Å²) in [6, 6.07) is 16.0. The van der Waals surface area contributed by atoms with Crippen LogP contribution in [0, 0.1) is 0 Å². The predicted octanol–water partition coefficient (Wildman–Crippen LogP) is 3.29. The van der Waals surface area contributed by atoms with E-state index >= 15 is 0 Å². The number of aliphatic hydroxyl groups is 1. The van der Waals surface area contributed by atoms with E-state index < -0.39 is 18.9 Å². The summed E-state index contributed by atoms with van der Waals surface area (Å²) in [5.74, 6) is 0.709. The molecule has 0 spiro atoms. The third-order valence-corrected chi connectivity index (χ3v) is 3.91. The number of rotatable bonds is 9. The van der Waals surface area contributed by atoms with Crippen molar-refractivity contribution in [1.29, 1.82) is 0 Å². The maximum atomic E-state index is 12.2. The van der Waals surface area contributed by atoms with Crippen LogP contribution in [0.1, 0.15) is 18.1 Å². The van der Waals surface area contributed by atoms with Crippen LogP contribution in [0.4, 0.5) is 13.2 Å². The standard InChI is InChI=1S/C21H26F3N3O2/c1-2-25-20(27-14-18(28)12-16-6-4-3-5-7-16)26-13-17-8-10-19(11-9-17)29-15-21(22,23)24/h3-11,18,28H,2,12-15H2,1H3,(H2,25,26,27). The predicted molar refractivity (Wildman–Crippen MR) is 107 cm³/mol. The number of nitrogens with one attached hydrogen (secondary N) is 2. The van der Waals surface area contributed by atoms with Gasteiger partial charge in [0.2, 0.25) is 0 Å². The Hall–Kier alpha value is -2.74. The molecular weight excluding hydrogens is 383 g/mol. The monoisotopic (exact) mass is 409 g/mol. The van der Waals surface area contributed by atoms with Crippen molar-refractivity contribution >= 4 is 5.96 Å². The Kier molecular flexibility index (Phi) is 8.79. The number of hydrogen-bond acceptors (Lipinski definition) is 3. The first-order valence-corrected chi connectivity index (χ1v) is 9.38. The number of hydrogen-bond donors (Lipinski definition) is 3. The lowest BCUT2D eigenvalue weighted by Crippen LogP contribution is -2.41. The summed E-state index contributed by atoms with van der Waals surface area (Å²) in [6.07, 6.45) is -4.39. The number of benzene rings is 2. The van der Waals surface area contributed by atoms with Gasteiger partial charge in [-0.1, -0.05) is 42.5 Å². The minimum Gasteiger partial charge on any atom is -0.484 e. The van der Waals surface area contributed by atoms with E-state index in [1.165, 1.54) is 12.1 Å². The fraction of sp³-hybridized carbons (Fsp3) is 0.381. The van der Waals surface area contributed by atoms with Crippen LogP contribution in [0.15, 0.2) is 59.6 Å². The van der Waals surface area contributed by atoms with Crippen molar-refractivity contribution in [3.8, 4) is 5.75 Å². The molecule has 0 aliphatic carbocycles. The first kappa shape index (κ1) is 22.5. The summed E-state index contributed by atoms with van der Waals surface area (Å²) in [7, 11) is 0. The van der Waals surface area contributed by atoms with E-state index in [0.29, 0.717) is 32.0 Å². The van der Waals surface area contributed by atoms with Gasteiger partial charge >= 0.3 is 6.18 Å². The maximum absolute atomic E-state index is 12.2. The van der Waals surface area contributed by atoms with Crippen LogP contribution < -0.4 is 15.4 Å². The van der Waals surface area contributed by atoms with Gasteiger partial charge in [-0.25, -0.2) is 4.99 Å². The summed E-state index contributed by atoms with van der Waals surface area (Å²) in [5.41, 5.74) is 1.88. The van der Waals surface area contributed by atoms with Crippen LogP contribution in [0.2, 0.25) is 0 Å². The van der Waals surface area contributed by atoms with Gasteiger partial charge in [0.15, 0.2) is 12.6 Å². The van der Waals surface area contributed by atoms with Crippen LogP contribution in [0.3, 0.4) is 0 Å². The Morgan fingerprint density at radius 1 is 1.03 bits per heavy atom. The second-order valence-electron chi connectivity index (χ2n) is 6.47. The zero-order chi connectivity index (χ0) is 21.1. The van der Waals surface area contributed by atoms with Gasteiger partial charge < -0.3 is 20.5 Å². The van der Waals surface area contributed by atoms with Crippen molar-refractivity contribution in [1.82, 2.24) is 10.6 Å². The van der Waals surface area contributed by atoms with Crippen LogP contribution in [-0.2, 0) is 13.0 Å². The minimum absolute atomic E-state index is 0.157. The van der Waals surface area contributed by atoms with E-state index in [2.05, 4.69) is 15.6 Å². The molecule has 3 N–H and O–H groups in total. The molecule has 0 radical (unpaired) electrons. The van der Waals surface area contributed by atoms with Crippen molar-refractivity contribution in [2.45, 2.75) is 32.2 Å². The zero-order valence-corrected chi connectivity index (χ0v) is 16.2. The Labute approximate surface area is 168 Å². The van der Waals surface area contributed by atoms with Gasteiger partial charge in [0.05, 0.1) is 12.6 Å². The van der Waals surface area contributed by atoms with Gasteiger partial charge in [-0.15, -0.1) is 0 Å². The molecule has 2 rings (SSSR count). The molecule has 0 aliphatic heterocycles. The average molecular weight is 409 g/mol. The molecule has 8 heteroatoms. The second-order valence-corrected chi connectivity index (χ2v) is 6.47. The molecule has 0 aromatic heterocycles. The zero-order valence-electron chi connectivity index (χ0n) is 16.2. The van der Waals surface area contributed by atoms with E-state index in [4.69, 9.17) is 4.74 Å². The van der Waals surface area contributed by atoms with Gasteiger partial charge in [-0.05, 0) is 30.2 Å². The van der Waals surface area contributed by atoms with Gasteiger partial charge in [0, 0.05) is 19.5 Å². The lowest BCUT2D eigenvalue weighted by molar-refractivity contribution is -0.153. The number of aliphatic hydroxyl groups excluding tert-OH is 1. The van der Waals surface area contributed by atoms with E-state index in [0.717, 1.165) is 11.1 Å². The molecule has 2 aromatic rings. The SMILES string of the molecule is CCNC(=NCc1ccc(OCC(F)(F)F)cc1)NCC(O)Cc1ccccc1. The molecule has 2 aromatic carbocycles. The van der Waals surface area contributed by atoms with E-state index in [1.54, 1.807) is 12.1 Å². The van der Waals surface area contributed by atoms with Crippen LogP contribution in [0.25, 0.3) is 0 Å². The average Bonchev–Trinajstić information content (AvgIpc) is 2.69. The summed E-state index contributed by atoms with van der Waals surface area (Å²) >= 11 is 0. The number of alkyl halides is 3. The Balaban J connectivity index is 1.84. The fourth-order valence-corrected chi connectivity index (χ4v) is 2.54. The topological polar surface area (TPSA) is 65.9 Å². The van der Waals surface area contributed by atoms with Crippen molar-refractivity contribution < 1.29 is 23.0 Å². The normalized spacial score (nSPS) is 13.1. The molecule has 0 saturated heterocycles. The molecule has 0 bridgehead atoms. The summed E-state index contributed by atoms with van der Waals surface area (Å²) in [5, 5.41) is 16.4. The molecule has 29 heavy (non-hydrogen) atoms. The molecule has 0 heterocycles. The van der Waals surface area contributed by atoms with Gasteiger partial charge in [0.1, 0.15) is 5.75 Å². The summed E-state index contributed by atoms with van der Waals surface area (Å²) in [4.78, 5) is 4.44. The first-order valence-electron chi connectivity index (χ1n) is 9.38. The van der Waals surface area contributed by atoms with Crippen LogP contribution >= 0.6 is 0 Å². The Morgan fingerprint density at radius 2 is 1.72 bits per heavy atom. The van der Waals surface area contributed by atoms with Crippen LogP contribution in [-0.4, -0.2) is 43.0 Å². The number of nitrogens with zero attached hydrogens (tertiary/aromatic N) is 1.